The summed E-state index contributed by atoms with van der Waals surface area (Å²) in [5.74, 6) is -1.22. The normalized spacial score (nSPS) is 20.1. The summed E-state index contributed by atoms with van der Waals surface area (Å²) in [5.41, 5.74) is 6.46. The molecule has 1 aromatic carbocycles. The second-order valence-electron chi connectivity index (χ2n) is 10.6. The van der Waals surface area contributed by atoms with Crippen LogP contribution in [0, 0.1) is 10.8 Å². The summed E-state index contributed by atoms with van der Waals surface area (Å²) in [6.45, 7) is 0.805. The highest BCUT2D eigenvalue weighted by Crippen LogP contribution is 2.39. The molecule has 2 amide bonds. The van der Waals surface area contributed by atoms with E-state index in [1.54, 1.807) is 0 Å². The Bertz CT molecular complexity index is 814. The van der Waals surface area contributed by atoms with Gasteiger partial charge in [0.15, 0.2) is 0 Å². The van der Waals surface area contributed by atoms with Crippen LogP contribution in [0.4, 0.5) is 0 Å². The molecule has 7 nitrogen and oxygen atoms in total. The number of carboxylic acid groups (broad SMARTS) is 1. The molecular weight excluding hydrogens is 430 g/mol. The van der Waals surface area contributed by atoms with Gasteiger partial charge >= 0.3 is 5.97 Å². The second-order valence-corrected chi connectivity index (χ2v) is 10.6. The Hall–Kier alpha value is -2.41. The van der Waals surface area contributed by atoms with Crippen molar-refractivity contribution in [1.82, 2.24) is 10.6 Å². The number of benzene rings is 1. The van der Waals surface area contributed by atoms with Gasteiger partial charge in [0.05, 0.1) is 6.42 Å². The average molecular weight is 472 g/mol. The number of aliphatic carboxylic acids is 1. The summed E-state index contributed by atoms with van der Waals surface area (Å²) in [5, 5.41) is 15.4. The smallest absolute Gasteiger partial charge is 0.303 e. The lowest BCUT2D eigenvalue weighted by molar-refractivity contribution is -0.140. The van der Waals surface area contributed by atoms with Crippen molar-refractivity contribution in [2.24, 2.45) is 16.6 Å². The lowest BCUT2D eigenvalue weighted by atomic mass is 9.71. The zero-order chi connectivity index (χ0) is 24.4. The Kier molecular flexibility index (Phi) is 9.51. The number of rotatable bonds is 11. The third-order valence-corrected chi connectivity index (χ3v) is 7.90. The van der Waals surface area contributed by atoms with Crippen LogP contribution in [0.2, 0.25) is 0 Å². The van der Waals surface area contributed by atoms with Gasteiger partial charge in [-0.05, 0) is 48.6 Å². The summed E-state index contributed by atoms with van der Waals surface area (Å²) in [4.78, 5) is 37.9. The van der Waals surface area contributed by atoms with Gasteiger partial charge < -0.3 is 21.5 Å². The lowest BCUT2D eigenvalue weighted by Crippen LogP contribution is -2.52. The molecule has 1 aromatic rings. The molecule has 7 heteroatoms. The first-order valence-corrected chi connectivity index (χ1v) is 12.9. The summed E-state index contributed by atoms with van der Waals surface area (Å²) in [7, 11) is 0. The molecule has 1 atom stereocenters. The number of carbonyl (C=O) groups excluding carboxylic acids is 2. The van der Waals surface area contributed by atoms with Crippen LogP contribution in [-0.2, 0) is 20.8 Å². The minimum absolute atomic E-state index is 0.0576. The zero-order valence-electron chi connectivity index (χ0n) is 20.3. The largest absolute Gasteiger partial charge is 0.481 e. The van der Waals surface area contributed by atoms with Gasteiger partial charge in [-0.25, -0.2) is 0 Å². The molecule has 5 N–H and O–H groups in total. The molecule has 2 aliphatic carbocycles. The van der Waals surface area contributed by atoms with Gasteiger partial charge in [-0.15, -0.1) is 0 Å². The highest BCUT2D eigenvalue weighted by atomic mass is 16.4. The molecular formula is C27H41N3O4. The first kappa shape index (κ1) is 26.2. The van der Waals surface area contributed by atoms with Gasteiger partial charge in [-0.2, -0.15) is 0 Å². The van der Waals surface area contributed by atoms with E-state index in [0.717, 1.165) is 63.4 Å². The molecule has 0 aromatic heterocycles. The predicted molar refractivity (Wildman–Crippen MR) is 132 cm³/mol. The molecule has 3 rings (SSSR count). The van der Waals surface area contributed by atoms with Gasteiger partial charge in [0, 0.05) is 19.4 Å². The van der Waals surface area contributed by atoms with E-state index in [-0.39, 0.29) is 23.7 Å². The Balaban J connectivity index is 1.68. The van der Waals surface area contributed by atoms with Crippen molar-refractivity contribution in [1.29, 1.82) is 0 Å². The minimum Gasteiger partial charge on any atom is -0.481 e. The Labute approximate surface area is 203 Å². The number of nitrogens with one attached hydrogen (secondary N) is 2. The molecule has 2 aliphatic rings. The van der Waals surface area contributed by atoms with E-state index in [0.29, 0.717) is 25.9 Å². The minimum atomic E-state index is -0.829. The number of carboxylic acids is 1. The Morgan fingerprint density at radius 3 is 2.03 bits per heavy atom. The van der Waals surface area contributed by atoms with Gasteiger partial charge in [0.25, 0.3) is 0 Å². The van der Waals surface area contributed by atoms with E-state index in [9.17, 15) is 19.5 Å². The van der Waals surface area contributed by atoms with Crippen molar-refractivity contribution in [3.63, 3.8) is 0 Å². The molecule has 0 radical (unpaired) electrons. The quantitative estimate of drug-likeness (QED) is 0.393. The second kappa shape index (κ2) is 12.3. The van der Waals surface area contributed by atoms with E-state index >= 15 is 0 Å². The summed E-state index contributed by atoms with van der Waals surface area (Å²) >= 11 is 0. The van der Waals surface area contributed by atoms with Gasteiger partial charge in [-0.1, -0.05) is 68.9 Å². The summed E-state index contributed by atoms with van der Waals surface area (Å²) < 4.78 is 0. The topological polar surface area (TPSA) is 122 Å². The molecule has 1 unspecified atom stereocenters. The lowest BCUT2D eigenvalue weighted by Gasteiger charge is -2.37. The van der Waals surface area contributed by atoms with Crippen molar-refractivity contribution in [2.45, 2.75) is 89.5 Å². The molecule has 0 aliphatic heterocycles. The fourth-order valence-corrected chi connectivity index (χ4v) is 5.84. The standard InChI is InChI=1S/C27H41N3O4/c28-19-26(12-6-2-7-13-26)17-23(31)30-22(16-21-10-4-1-5-11-21)25(34)29-20-27(18-24(32)33)14-8-3-9-15-27/h1,4-5,10-11,22H,2-3,6-9,12-20,28H2,(H,29,34)(H,30,31)(H,32,33). The summed E-state index contributed by atoms with van der Waals surface area (Å²) in [6.07, 6.45) is 10.7. The van der Waals surface area contributed by atoms with E-state index in [4.69, 9.17) is 5.73 Å². The van der Waals surface area contributed by atoms with E-state index in [1.165, 1.54) is 6.42 Å². The SMILES string of the molecule is NCC1(CC(=O)NC(Cc2ccccc2)C(=O)NCC2(CC(=O)O)CCCCC2)CCCCC1. The van der Waals surface area contributed by atoms with E-state index < -0.39 is 17.4 Å². The number of hydrogen-bond acceptors (Lipinski definition) is 4. The third-order valence-electron chi connectivity index (χ3n) is 7.90. The van der Waals surface area contributed by atoms with E-state index in [2.05, 4.69) is 10.6 Å². The van der Waals surface area contributed by atoms with Crippen LogP contribution < -0.4 is 16.4 Å². The third kappa shape index (κ3) is 7.55. The predicted octanol–water partition coefficient (Wildman–Crippen LogP) is 3.55. The molecule has 34 heavy (non-hydrogen) atoms. The van der Waals surface area contributed by atoms with Crippen molar-refractivity contribution >= 4 is 17.8 Å². The average Bonchev–Trinajstić information content (AvgIpc) is 2.83. The van der Waals surface area contributed by atoms with Crippen LogP contribution in [-0.4, -0.2) is 42.0 Å². The van der Waals surface area contributed by atoms with Crippen molar-refractivity contribution < 1.29 is 19.5 Å². The van der Waals surface area contributed by atoms with Crippen molar-refractivity contribution in [2.75, 3.05) is 13.1 Å². The molecule has 2 saturated carbocycles. The summed E-state index contributed by atoms with van der Waals surface area (Å²) in [6, 6.07) is 8.94. The highest BCUT2D eigenvalue weighted by Gasteiger charge is 2.37. The van der Waals surface area contributed by atoms with Crippen molar-refractivity contribution in [3.8, 4) is 0 Å². The molecule has 2 fully saturated rings. The zero-order valence-corrected chi connectivity index (χ0v) is 20.3. The van der Waals surface area contributed by atoms with Crippen LogP contribution in [0.5, 0.6) is 0 Å². The number of carbonyl (C=O) groups is 3. The Morgan fingerprint density at radius 2 is 1.47 bits per heavy atom. The molecule has 0 bridgehead atoms. The Morgan fingerprint density at radius 1 is 0.882 bits per heavy atom. The van der Waals surface area contributed by atoms with Crippen LogP contribution >= 0.6 is 0 Å². The molecule has 0 heterocycles. The fraction of sp³-hybridized carbons (Fsp3) is 0.667. The maximum atomic E-state index is 13.3. The van der Waals surface area contributed by atoms with Gasteiger partial charge in [0.1, 0.15) is 6.04 Å². The van der Waals surface area contributed by atoms with Crippen LogP contribution in [0.15, 0.2) is 30.3 Å². The molecule has 188 valence electrons. The van der Waals surface area contributed by atoms with Gasteiger partial charge in [0.2, 0.25) is 11.8 Å². The number of nitrogens with two attached hydrogens (primary N) is 1. The van der Waals surface area contributed by atoms with Crippen molar-refractivity contribution in [3.05, 3.63) is 35.9 Å². The van der Waals surface area contributed by atoms with Crippen LogP contribution in [0.3, 0.4) is 0 Å². The maximum absolute atomic E-state index is 13.3. The van der Waals surface area contributed by atoms with Crippen LogP contribution in [0.1, 0.15) is 82.6 Å². The highest BCUT2D eigenvalue weighted by molar-refractivity contribution is 5.88. The fourth-order valence-electron chi connectivity index (χ4n) is 5.84. The van der Waals surface area contributed by atoms with E-state index in [1.807, 2.05) is 30.3 Å². The maximum Gasteiger partial charge on any atom is 0.303 e. The number of amides is 2. The molecule has 0 spiro atoms. The monoisotopic (exact) mass is 471 g/mol. The van der Waals surface area contributed by atoms with Crippen LogP contribution in [0.25, 0.3) is 0 Å². The molecule has 0 saturated heterocycles. The first-order valence-electron chi connectivity index (χ1n) is 12.9. The number of hydrogen-bond donors (Lipinski definition) is 4. The first-order chi connectivity index (χ1) is 16.4. The van der Waals surface area contributed by atoms with Gasteiger partial charge in [-0.3, -0.25) is 14.4 Å².